The van der Waals surface area contributed by atoms with E-state index in [1.165, 1.54) is 17.3 Å². The topological polar surface area (TPSA) is 119 Å². The van der Waals surface area contributed by atoms with Gasteiger partial charge in [0.25, 0.3) is 5.91 Å². The third-order valence-electron chi connectivity index (χ3n) is 4.29. The molecule has 0 aliphatic heterocycles. The van der Waals surface area contributed by atoms with Crippen LogP contribution in [0.1, 0.15) is 21.6 Å². The molecule has 10 heteroatoms. The molecule has 0 atom stereocenters. The van der Waals surface area contributed by atoms with Crippen molar-refractivity contribution in [3.05, 3.63) is 47.7 Å². The highest BCUT2D eigenvalue weighted by Crippen LogP contribution is 2.22. The van der Waals surface area contributed by atoms with E-state index in [2.05, 4.69) is 31.6 Å². The summed E-state index contributed by atoms with van der Waals surface area (Å²) < 4.78 is 4.82. The summed E-state index contributed by atoms with van der Waals surface area (Å²) in [5.41, 5.74) is 2.89. The van der Waals surface area contributed by atoms with Gasteiger partial charge in [-0.25, -0.2) is 19.3 Å². The summed E-state index contributed by atoms with van der Waals surface area (Å²) in [5.74, 6) is 0.524. The lowest BCUT2D eigenvalue weighted by Crippen LogP contribution is -2.18. The molecular weight excluding hydrogens is 346 g/mol. The van der Waals surface area contributed by atoms with Gasteiger partial charge in [0.15, 0.2) is 5.82 Å². The molecule has 27 heavy (non-hydrogen) atoms. The number of nitrogens with zero attached hydrogens (tertiary/aromatic N) is 8. The number of carbonyl (C=O) groups is 1. The first-order valence-corrected chi connectivity index (χ1v) is 8.06. The highest BCUT2D eigenvalue weighted by molar-refractivity contribution is 6.07. The maximum absolute atomic E-state index is 13.0. The fraction of sp³-hybridized carbons (Fsp3) is 0.176. The van der Waals surface area contributed by atoms with Crippen LogP contribution in [0.25, 0.3) is 16.9 Å². The molecule has 0 aliphatic rings. The van der Waals surface area contributed by atoms with Gasteiger partial charge in [-0.1, -0.05) is 0 Å². The number of imidazole rings is 1. The minimum atomic E-state index is -0.356. The van der Waals surface area contributed by atoms with Gasteiger partial charge in [0.1, 0.15) is 18.2 Å². The second kappa shape index (κ2) is 6.06. The number of fused-ring (bicyclic) bond motifs is 1. The van der Waals surface area contributed by atoms with E-state index < -0.39 is 0 Å². The van der Waals surface area contributed by atoms with Crippen molar-refractivity contribution in [2.24, 2.45) is 14.1 Å². The molecule has 1 N–H and O–H groups in total. The van der Waals surface area contributed by atoms with Crippen LogP contribution in [0.15, 0.2) is 30.9 Å². The van der Waals surface area contributed by atoms with Gasteiger partial charge in [-0.2, -0.15) is 15.5 Å². The van der Waals surface area contributed by atoms with E-state index >= 15 is 0 Å². The van der Waals surface area contributed by atoms with Crippen molar-refractivity contribution in [1.82, 2.24) is 34.1 Å². The fourth-order valence-corrected chi connectivity index (χ4v) is 3.04. The van der Waals surface area contributed by atoms with Crippen LogP contribution in [0.2, 0.25) is 0 Å². The van der Waals surface area contributed by atoms with Crippen molar-refractivity contribution >= 4 is 22.9 Å². The lowest BCUT2D eigenvalue weighted by molar-refractivity contribution is 0.102. The molecule has 3 heterocycles. The summed E-state index contributed by atoms with van der Waals surface area (Å²) in [7, 11) is 3.53. The molecule has 4 rings (SSSR count). The fourth-order valence-electron chi connectivity index (χ4n) is 3.04. The minimum Gasteiger partial charge on any atom is -0.313 e. The molecule has 1 aromatic carbocycles. The maximum atomic E-state index is 13.0. The van der Waals surface area contributed by atoms with Crippen LogP contribution in [-0.2, 0) is 14.1 Å². The maximum Gasteiger partial charge on any atom is 0.263 e. The van der Waals surface area contributed by atoms with Crippen LogP contribution in [0.5, 0.6) is 0 Å². The second-order valence-electron chi connectivity index (χ2n) is 6.01. The number of amides is 1. The average molecular weight is 361 g/mol. The Hall–Kier alpha value is -4.00. The van der Waals surface area contributed by atoms with Gasteiger partial charge in [-0.05, 0) is 25.1 Å². The number of hydrogen-bond donors (Lipinski definition) is 1. The molecule has 3 aromatic heterocycles. The number of nitriles is 1. The van der Waals surface area contributed by atoms with Gasteiger partial charge < -0.3 is 4.57 Å². The number of rotatable bonds is 3. The number of aryl methyl sites for hydroxylation is 3. The van der Waals surface area contributed by atoms with Gasteiger partial charge >= 0.3 is 0 Å². The summed E-state index contributed by atoms with van der Waals surface area (Å²) in [6, 6.07) is 7.28. The predicted molar refractivity (Wildman–Crippen MR) is 96.2 cm³/mol. The summed E-state index contributed by atoms with van der Waals surface area (Å²) in [4.78, 5) is 21.3. The highest BCUT2D eigenvalue weighted by atomic mass is 16.2. The van der Waals surface area contributed by atoms with Crippen molar-refractivity contribution < 1.29 is 4.79 Å². The zero-order valence-electron chi connectivity index (χ0n) is 14.9. The number of benzene rings is 1. The molecule has 4 aromatic rings. The van der Waals surface area contributed by atoms with Crippen LogP contribution in [0.4, 0.5) is 5.95 Å². The molecule has 0 spiro atoms. The molecule has 0 saturated carbocycles. The molecule has 0 unspecified atom stereocenters. The third-order valence-corrected chi connectivity index (χ3v) is 4.29. The van der Waals surface area contributed by atoms with E-state index in [0.717, 1.165) is 5.52 Å². The summed E-state index contributed by atoms with van der Waals surface area (Å²) in [5, 5.41) is 20.3. The number of aromatic nitrogens is 7. The number of carbonyl (C=O) groups excluding carboxylic acids is 1. The Morgan fingerprint density at radius 2 is 2.11 bits per heavy atom. The predicted octanol–water partition coefficient (Wildman–Crippen LogP) is 1.32. The molecular formula is C17H15N9O. The molecule has 1 amide bonds. The van der Waals surface area contributed by atoms with Crippen molar-refractivity contribution in [3.8, 4) is 11.9 Å². The highest BCUT2D eigenvalue weighted by Gasteiger charge is 2.23. The first kappa shape index (κ1) is 16.5. The normalized spacial score (nSPS) is 10.9. The lowest BCUT2D eigenvalue weighted by atomic mass is 10.2. The molecule has 134 valence electrons. The Morgan fingerprint density at radius 1 is 1.30 bits per heavy atom. The number of nitrogens with one attached hydrogen (secondary N) is 1. The molecule has 0 saturated heterocycles. The van der Waals surface area contributed by atoms with Gasteiger partial charge in [-0.15, -0.1) is 0 Å². The number of anilines is 1. The Balaban J connectivity index is 1.75. The quantitative estimate of drug-likeness (QED) is 0.588. The molecule has 0 radical (unpaired) electrons. The Morgan fingerprint density at radius 3 is 2.81 bits per heavy atom. The zero-order chi connectivity index (χ0) is 19.1. The summed E-state index contributed by atoms with van der Waals surface area (Å²) in [6.07, 6.45) is 2.90. The minimum absolute atomic E-state index is 0.356. The van der Waals surface area contributed by atoms with Crippen molar-refractivity contribution in [1.29, 1.82) is 5.26 Å². The van der Waals surface area contributed by atoms with Crippen molar-refractivity contribution in [2.45, 2.75) is 6.92 Å². The first-order valence-electron chi connectivity index (χ1n) is 8.06. The largest absolute Gasteiger partial charge is 0.313 e. The van der Waals surface area contributed by atoms with Gasteiger partial charge in [0.2, 0.25) is 5.95 Å². The van der Waals surface area contributed by atoms with Crippen LogP contribution in [-0.4, -0.2) is 40.0 Å². The third kappa shape index (κ3) is 2.62. The summed E-state index contributed by atoms with van der Waals surface area (Å²) in [6.45, 7) is 1.75. The van der Waals surface area contributed by atoms with E-state index in [1.807, 2.05) is 0 Å². The van der Waals surface area contributed by atoms with E-state index in [9.17, 15) is 4.79 Å². The molecule has 0 bridgehead atoms. The SMILES string of the molecule is Cc1nn(C)c(-n2cncn2)c1C(=O)Nc1nc2cc(C#N)ccc2n1C. The van der Waals surface area contributed by atoms with E-state index in [0.29, 0.717) is 34.1 Å². The Bertz CT molecular complexity index is 1210. The van der Waals surface area contributed by atoms with Crippen LogP contribution in [0.3, 0.4) is 0 Å². The van der Waals surface area contributed by atoms with Gasteiger partial charge in [0.05, 0.1) is 28.4 Å². The first-order chi connectivity index (χ1) is 13.0. The van der Waals surface area contributed by atoms with Crippen LogP contribution in [0, 0.1) is 18.3 Å². The van der Waals surface area contributed by atoms with Gasteiger partial charge in [0, 0.05) is 14.1 Å². The monoisotopic (exact) mass is 361 g/mol. The van der Waals surface area contributed by atoms with E-state index in [-0.39, 0.29) is 5.91 Å². The van der Waals surface area contributed by atoms with Crippen molar-refractivity contribution in [2.75, 3.05) is 5.32 Å². The van der Waals surface area contributed by atoms with E-state index in [1.54, 1.807) is 48.5 Å². The van der Waals surface area contributed by atoms with Crippen molar-refractivity contribution in [3.63, 3.8) is 0 Å². The Labute approximate surface area is 153 Å². The average Bonchev–Trinajstić information content (AvgIpc) is 3.34. The second-order valence-corrected chi connectivity index (χ2v) is 6.01. The molecule has 0 aliphatic carbocycles. The summed E-state index contributed by atoms with van der Waals surface area (Å²) >= 11 is 0. The smallest absolute Gasteiger partial charge is 0.263 e. The Kier molecular flexibility index (Phi) is 3.70. The lowest BCUT2D eigenvalue weighted by Gasteiger charge is -2.07. The van der Waals surface area contributed by atoms with Gasteiger partial charge in [-0.3, -0.25) is 10.1 Å². The van der Waals surface area contributed by atoms with Crippen LogP contribution < -0.4 is 5.32 Å². The zero-order valence-corrected chi connectivity index (χ0v) is 14.9. The number of hydrogen-bond acceptors (Lipinski definition) is 6. The molecule has 0 fully saturated rings. The standard InChI is InChI=1S/C17H15N9O/c1-10-14(16(25(3)23-10)26-9-19-8-20-26)15(27)22-17-21-12-6-11(7-18)4-5-13(12)24(17)2/h4-6,8-9H,1-3H3,(H,21,22,27). The molecule has 10 nitrogen and oxygen atoms in total. The van der Waals surface area contributed by atoms with E-state index in [4.69, 9.17) is 5.26 Å². The van der Waals surface area contributed by atoms with Crippen LogP contribution >= 0.6 is 0 Å².